The number of hydrogen-bond acceptors (Lipinski definition) is 3. The van der Waals surface area contributed by atoms with Gasteiger partial charge in [-0.25, -0.2) is 0 Å². The van der Waals surface area contributed by atoms with E-state index in [9.17, 15) is 0 Å². The highest BCUT2D eigenvalue weighted by molar-refractivity contribution is 4.67. The molecule has 0 aliphatic carbocycles. The summed E-state index contributed by atoms with van der Waals surface area (Å²) in [5, 5.41) is 0. The molecule has 0 heterocycles. The molecule has 0 aromatic rings. The summed E-state index contributed by atoms with van der Waals surface area (Å²) in [6.45, 7) is 8.52. The van der Waals surface area contributed by atoms with E-state index in [0.29, 0.717) is 0 Å². The molecule has 0 fully saturated rings. The number of ether oxygens (including phenoxy) is 1. The lowest BCUT2D eigenvalue weighted by molar-refractivity contribution is 0.174. The van der Waals surface area contributed by atoms with Gasteiger partial charge >= 0.3 is 0 Å². The molecule has 0 radical (unpaired) electrons. The predicted molar refractivity (Wildman–Crippen MR) is 61.5 cm³/mol. The second-order valence-electron chi connectivity index (χ2n) is 3.84. The Kier molecular flexibility index (Phi) is 9.35. The summed E-state index contributed by atoms with van der Waals surface area (Å²) in [5.74, 6) is 0. The van der Waals surface area contributed by atoms with E-state index in [4.69, 9.17) is 10.5 Å². The lowest BCUT2D eigenvalue weighted by Crippen LogP contribution is -2.39. The maximum absolute atomic E-state index is 6.00. The van der Waals surface area contributed by atoms with Gasteiger partial charge in [-0.1, -0.05) is 13.8 Å². The molecule has 0 aliphatic heterocycles. The number of methoxy groups -OCH3 is 1. The van der Waals surface area contributed by atoms with Crippen LogP contribution in [0.3, 0.4) is 0 Å². The molecule has 2 N–H and O–H groups in total. The summed E-state index contributed by atoms with van der Waals surface area (Å²) in [7, 11) is 1.72. The van der Waals surface area contributed by atoms with Gasteiger partial charge in [-0.3, -0.25) is 0 Å². The third-order valence-corrected chi connectivity index (χ3v) is 2.27. The zero-order valence-corrected chi connectivity index (χ0v) is 9.96. The summed E-state index contributed by atoms with van der Waals surface area (Å²) in [4.78, 5) is 2.44. The van der Waals surface area contributed by atoms with Gasteiger partial charge in [-0.2, -0.15) is 0 Å². The molecular weight excluding hydrogens is 176 g/mol. The van der Waals surface area contributed by atoms with Gasteiger partial charge < -0.3 is 15.4 Å². The van der Waals surface area contributed by atoms with Crippen molar-refractivity contribution in [1.29, 1.82) is 0 Å². The van der Waals surface area contributed by atoms with Crippen molar-refractivity contribution in [2.24, 2.45) is 5.73 Å². The van der Waals surface area contributed by atoms with Crippen molar-refractivity contribution in [2.45, 2.75) is 39.2 Å². The summed E-state index contributed by atoms with van der Waals surface area (Å²) < 4.78 is 5.02. The summed E-state index contributed by atoms with van der Waals surface area (Å²) >= 11 is 0. The Labute approximate surface area is 88.6 Å². The second-order valence-corrected chi connectivity index (χ2v) is 3.84. The molecule has 0 saturated heterocycles. The molecule has 0 amide bonds. The first-order valence-electron chi connectivity index (χ1n) is 5.71. The highest BCUT2D eigenvalue weighted by Crippen LogP contribution is 1.98. The van der Waals surface area contributed by atoms with Crippen molar-refractivity contribution in [2.75, 3.05) is 33.4 Å². The highest BCUT2D eigenvalue weighted by atomic mass is 16.5. The summed E-state index contributed by atoms with van der Waals surface area (Å²) in [6.07, 6.45) is 3.37. The van der Waals surface area contributed by atoms with Gasteiger partial charge in [0.1, 0.15) is 0 Å². The Hall–Kier alpha value is -0.120. The minimum Gasteiger partial charge on any atom is -0.385 e. The maximum Gasteiger partial charge on any atom is 0.0477 e. The number of hydrogen-bond donors (Lipinski definition) is 1. The predicted octanol–water partition coefficient (Wildman–Crippen LogP) is 1.47. The number of nitrogens with zero attached hydrogens (tertiary/aromatic N) is 1. The van der Waals surface area contributed by atoms with Gasteiger partial charge in [0.2, 0.25) is 0 Å². The smallest absolute Gasteiger partial charge is 0.0477 e. The van der Waals surface area contributed by atoms with Crippen LogP contribution in [0.15, 0.2) is 0 Å². The van der Waals surface area contributed by atoms with E-state index in [0.717, 1.165) is 32.7 Å². The van der Waals surface area contributed by atoms with Gasteiger partial charge in [-0.05, 0) is 32.4 Å². The number of rotatable bonds is 9. The Morgan fingerprint density at radius 2 is 1.79 bits per heavy atom. The molecule has 0 aromatic heterocycles. The fourth-order valence-electron chi connectivity index (χ4n) is 1.62. The zero-order chi connectivity index (χ0) is 10.8. The van der Waals surface area contributed by atoms with Crippen molar-refractivity contribution < 1.29 is 4.74 Å². The first-order chi connectivity index (χ1) is 6.74. The lowest BCUT2D eigenvalue weighted by atomic mass is 10.2. The molecule has 0 bridgehead atoms. The van der Waals surface area contributed by atoms with Gasteiger partial charge in [0, 0.05) is 26.3 Å². The van der Waals surface area contributed by atoms with Crippen LogP contribution in [-0.4, -0.2) is 44.3 Å². The largest absolute Gasteiger partial charge is 0.385 e. The van der Waals surface area contributed by atoms with Crippen LogP contribution in [0.2, 0.25) is 0 Å². The SMILES string of the molecule is CCCN(CCC)CC(N)CCOC. The molecule has 1 unspecified atom stereocenters. The average Bonchev–Trinajstić information content (AvgIpc) is 2.15. The summed E-state index contributed by atoms with van der Waals surface area (Å²) in [5.41, 5.74) is 6.00. The molecule has 3 heteroatoms. The third-order valence-electron chi connectivity index (χ3n) is 2.27. The average molecular weight is 202 g/mol. The van der Waals surface area contributed by atoms with Gasteiger partial charge in [0.25, 0.3) is 0 Å². The van der Waals surface area contributed by atoms with Crippen LogP contribution in [0.5, 0.6) is 0 Å². The fourth-order valence-corrected chi connectivity index (χ4v) is 1.62. The minimum absolute atomic E-state index is 0.257. The van der Waals surface area contributed by atoms with Crippen molar-refractivity contribution in [1.82, 2.24) is 4.90 Å². The summed E-state index contributed by atoms with van der Waals surface area (Å²) in [6, 6.07) is 0.257. The molecule has 0 aromatic carbocycles. The molecule has 0 saturated carbocycles. The van der Waals surface area contributed by atoms with E-state index >= 15 is 0 Å². The van der Waals surface area contributed by atoms with Crippen molar-refractivity contribution in [3.63, 3.8) is 0 Å². The molecule has 1 atom stereocenters. The van der Waals surface area contributed by atoms with Crippen LogP contribution >= 0.6 is 0 Å². The second kappa shape index (κ2) is 9.44. The Morgan fingerprint density at radius 3 is 2.21 bits per heavy atom. The van der Waals surface area contributed by atoms with E-state index < -0.39 is 0 Å². The van der Waals surface area contributed by atoms with Crippen LogP contribution in [-0.2, 0) is 4.74 Å². The molecule has 86 valence electrons. The first kappa shape index (κ1) is 13.9. The Balaban J connectivity index is 3.64. The molecule has 0 aliphatic rings. The molecule has 0 rings (SSSR count). The standard InChI is InChI=1S/C11H26N2O/c1-4-7-13(8-5-2)10-11(12)6-9-14-3/h11H,4-10,12H2,1-3H3. The van der Waals surface area contributed by atoms with Crippen LogP contribution in [0.25, 0.3) is 0 Å². The minimum atomic E-state index is 0.257. The highest BCUT2D eigenvalue weighted by Gasteiger charge is 2.08. The van der Waals surface area contributed by atoms with Crippen molar-refractivity contribution >= 4 is 0 Å². The van der Waals surface area contributed by atoms with Gasteiger partial charge in [0.05, 0.1) is 0 Å². The van der Waals surface area contributed by atoms with Crippen LogP contribution in [0, 0.1) is 0 Å². The van der Waals surface area contributed by atoms with E-state index in [1.165, 1.54) is 12.8 Å². The fraction of sp³-hybridized carbons (Fsp3) is 1.00. The van der Waals surface area contributed by atoms with E-state index in [1.54, 1.807) is 7.11 Å². The third kappa shape index (κ3) is 7.30. The molecule has 3 nitrogen and oxygen atoms in total. The van der Waals surface area contributed by atoms with Gasteiger partial charge in [-0.15, -0.1) is 0 Å². The van der Waals surface area contributed by atoms with E-state index in [2.05, 4.69) is 18.7 Å². The first-order valence-corrected chi connectivity index (χ1v) is 5.71. The maximum atomic E-state index is 6.00. The van der Waals surface area contributed by atoms with E-state index in [-0.39, 0.29) is 6.04 Å². The van der Waals surface area contributed by atoms with Crippen molar-refractivity contribution in [3.05, 3.63) is 0 Å². The van der Waals surface area contributed by atoms with Crippen LogP contribution in [0.1, 0.15) is 33.1 Å². The quantitative estimate of drug-likeness (QED) is 0.615. The van der Waals surface area contributed by atoms with Crippen LogP contribution < -0.4 is 5.73 Å². The topological polar surface area (TPSA) is 38.5 Å². The zero-order valence-electron chi connectivity index (χ0n) is 9.96. The molecular formula is C11H26N2O. The van der Waals surface area contributed by atoms with E-state index in [1.807, 2.05) is 0 Å². The number of nitrogens with two attached hydrogens (primary N) is 1. The lowest BCUT2D eigenvalue weighted by Gasteiger charge is -2.24. The van der Waals surface area contributed by atoms with Gasteiger partial charge in [0.15, 0.2) is 0 Å². The Morgan fingerprint density at radius 1 is 1.21 bits per heavy atom. The van der Waals surface area contributed by atoms with Crippen LogP contribution in [0.4, 0.5) is 0 Å². The van der Waals surface area contributed by atoms with Crippen molar-refractivity contribution in [3.8, 4) is 0 Å². The molecule has 0 spiro atoms. The molecule has 14 heavy (non-hydrogen) atoms. The monoisotopic (exact) mass is 202 g/mol. The normalized spacial score (nSPS) is 13.5. The Bertz CT molecular complexity index is 114.